The van der Waals surface area contributed by atoms with Crippen molar-refractivity contribution in [3.63, 3.8) is 0 Å². The largest absolute Gasteiger partial charge is 1.00 e. The molecule has 0 spiro atoms. The summed E-state index contributed by atoms with van der Waals surface area (Å²) in [4.78, 5) is 10.3. The minimum atomic E-state index is -0.275. The van der Waals surface area contributed by atoms with E-state index in [-0.39, 0.29) is 63.3 Å². The van der Waals surface area contributed by atoms with Gasteiger partial charge in [0, 0.05) is 0 Å². The average Bonchev–Trinajstić information content (AvgIpc) is 2.12. The molecule has 0 radical (unpaired) electrons. The van der Waals surface area contributed by atoms with Gasteiger partial charge in [-0.3, -0.25) is 4.79 Å². The predicted molar refractivity (Wildman–Crippen MR) is 30.4 cm³/mol. The Morgan fingerprint density at radius 1 is 1.67 bits per heavy atom. The topological polar surface area (TPSA) is 57.2 Å². The zero-order valence-corrected chi connectivity index (χ0v) is 8.75. The van der Waals surface area contributed by atoms with Crippen LogP contribution in [-0.2, 0) is 4.79 Å². The van der Waals surface area contributed by atoms with Crippen LogP contribution in [0, 0.1) is 0 Å². The number of rotatable bonds is 1. The predicted octanol–water partition coefficient (Wildman–Crippen LogP) is -2.99. The van der Waals surface area contributed by atoms with Gasteiger partial charge in [0.1, 0.15) is 0 Å². The number of primary amides is 1. The maximum absolute atomic E-state index is 10.3. The van der Waals surface area contributed by atoms with Crippen LogP contribution in [0.15, 0.2) is 0 Å². The molecular formula is C5H9KN2O. The fourth-order valence-corrected chi connectivity index (χ4v) is 0.855. The van der Waals surface area contributed by atoms with Crippen LogP contribution in [0.3, 0.4) is 0 Å². The first kappa shape index (κ1) is 10.1. The van der Waals surface area contributed by atoms with Gasteiger partial charge in [-0.25, -0.2) is 0 Å². The molecule has 0 saturated carbocycles. The minimum absolute atomic E-state index is 0. The van der Waals surface area contributed by atoms with Crippen molar-refractivity contribution in [3.8, 4) is 0 Å². The Morgan fingerprint density at radius 2 is 2.33 bits per heavy atom. The summed E-state index contributed by atoms with van der Waals surface area (Å²) in [5.41, 5.74) is 4.97. The number of amides is 1. The maximum Gasteiger partial charge on any atom is 1.00 e. The second-order valence-corrected chi connectivity index (χ2v) is 1.97. The molecule has 1 amide bonds. The molecule has 1 atom stereocenters. The van der Waals surface area contributed by atoms with Gasteiger partial charge in [0.05, 0.1) is 0 Å². The molecule has 9 heavy (non-hydrogen) atoms. The van der Waals surface area contributed by atoms with Crippen molar-refractivity contribution in [2.75, 3.05) is 6.54 Å². The van der Waals surface area contributed by atoms with Gasteiger partial charge < -0.3 is 11.1 Å². The third-order valence-corrected chi connectivity index (χ3v) is 1.31. The van der Waals surface area contributed by atoms with Gasteiger partial charge in [-0.1, -0.05) is 18.9 Å². The van der Waals surface area contributed by atoms with E-state index in [1.165, 1.54) is 0 Å². The molecule has 0 aromatic carbocycles. The summed E-state index contributed by atoms with van der Waals surface area (Å²) in [6.45, 7) is 0.813. The summed E-state index contributed by atoms with van der Waals surface area (Å²) in [6.07, 6.45) is 1.88. The Morgan fingerprint density at radius 3 is 2.56 bits per heavy atom. The number of hydrogen-bond donors (Lipinski definition) is 1. The SMILES string of the molecule is NC(=O)[C@@H]1CCC[N-]1.[K+]. The standard InChI is InChI=1S/C5H9N2O.K/c6-5(8)4-2-1-3-7-4;/h4H,1-3H2,(H2,6,8);/q-1;+1/t4-;/m0./s1. The molecule has 46 valence electrons. The van der Waals surface area contributed by atoms with E-state index in [1.54, 1.807) is 0 Å². The third-order valence-electron chi connectivity index (χ3n) is 1.31. The van der Waals surface area contributed by atoms with Crippen LogP contribution < -0.4 is 57.1 Å². The third kappa shape index (κ3) is 3.11. The maximum atomic E-state index is 10.3. The van der Waals surface area contributed by atoms with E-state index in [2.05, 4.69) is 5.32 Å². The number of nitrogens with two attached hydrogens (primary N) is 1. The van der Waals surface area contributed by atoms with Crippen molar-refractivity contribution in [1.29, 1.82) is 0 Å². The molecule has 1 aliphatic heterocycles. The molecular weight excluding hydrogens is 143 g/mol. The van der Waals surface area contributed by atoms with Crippen molar-refractivity contribution in [1.82, 2.24) is 0 Å². The first-order valence-electron chi connectivity index (χ1n) is 2.76. The Hall–Kier alpha value is 1.07. The van der Waals surface area contributed by atoms with E-state index < -0.39 is 0 Å². The molecule has 1 aliphatic rings. The number of carbonyl (C=O) groups is 1. The first-order valence-corrected chi connectivity index (χ1v) is 2.76. The fourth-order valence-electron chi connectivity index (χ4n) is 0.855. The smallest absolute Gasteiger partial charge is 0.652 e. The van der Waals surface area contributed by atoms with Crippen molar-refractivity contribution < 1.29 is 56.2 Å². The average molecular weight is 152 g/mol. The fraction of sp³-hybridized carbons (Fsp3) is 0.800. The van der Waals surface area contributed by atoms with Crippen LogP contribution in [0.4, 0.5) is 0 Å². The Labute approximate surface area is 97.2 Å². The van der Waals surface area contributed by atoms with Crippen LogP contribution >= 0.6 is 0 Å². The van der Waals surface area contributed by atoms with Gasteiger partial charge in [0.15, 0.2) is 5.91 Å². The molecule has 3 nitrogen and oxygen atoms in total. The van der Waals surface area contributed by atoms with Crippen LogP contribution in [0.2, 0.25) is 0 Å². The van der Waals surface area contributed by atoms with Gasteiger partial charge in [-0.2, -0.15) is 0 Å². The van der Waals surface area contributed by atoms with Gasteiger partial charge >= 0.3 is 51.4 Å². The summed E-state index contributed by atoms with van der Waals surface area (Å²) in [5.74, 6) is -0.275. The second-order valence-electron chi connectivity index (χ2n) is 1.97. The quantitative estimate of drug-likeness (QED) is 0.400. The van der Waals surface area contributed by atoms with Crippen molar-refractivity contribution in [2.45, 2.75) is 18.9 Å². The van der Waals surface area contributed by atoms with E-state index in [1.807, 2.05) is 0 Å². The van der Waals surface area contributed by atoms with Crippen LogP contribution in [0.1, 0.15) is 12.8 Å². The molecule has 0 bridgehead atoms. The molecule has 1 fully saturated rings. The van der Waals surface area contributed by atoms with Gasteiger partial charge in [-0.05, 0) is 0 Å². The minimum Gasteiger partial charge on any atom is -0.652 e. The van der Waals surface area contributed by atoms with Crippen molar-refractivity contribution in [3.05, 3.63) is 5.32 Å². The van der Waals surface area contributed by atoms with E-state index >= 15 is 0 Å². The normalized spacial score (nSPS) is 25.1. The molecule has 0 aliphatic carbocycles. The molecule has 4 heteroatoms. The molecule has 1 saturated heterocycles. The monoisotopic (exact) mass is 152 g/mol. The van der Waals surface area contributed by atoms with E-state index in [0.29, 0.717) is 0 Å². The Balaban J connectivity index is 0.000000640. The summed E-state index contributed by atoms with van der Waals surface area (Å²) in [7, 11) is 0. The van der Waals surface area contributed by atoms with Gasteiger partial charge in [-0.15, -0.1) is 6.54 Å². The number of hydrogen-bond acceptors (Lipinski definition) is 1. The van der Waals surface area contributed by atoms with Crippen LogP contribution in [0.5, 0.6) is 0 Å². The van der Waals surface area contributed by atoms with E-state index in [4.69, 9.17) is 5.73 Å². The number of nitrogens with zero attached hydrogens (tertiary/aromatic N) is 1. The second kappa shape index (κ2) is 4.82. The van der Waals surface area contributed by atoms with Crippen molar-refractivity contribution >= 4 is 5.91 Å². The summed E-state index contributed by atoms with van der Waals surface area (Å²) < 4.78 is 0. The molecule has 0 aromatic heterocycles. The first-order chi connectivity index (χ1) is 3.80. The molecule has 0 aromatic rings. The zero-order valence-electron chi connectivity index (χ0n) is 5.63. The van der Waals surface area contributed by atoms with E-state index in [0.717, 1.165) is 19.4 Å². The number of carbonyl (C=O) groups excluding carboxylic acids is 1. The molecule has 2 N–H and O–H groups in total. The molecule has 1 rings (SSSR count). The van der Waals surface area contributed by atoms with Crippen LogP contribution in [0.25, 0.3) is 5.32 Å². The Bertz CT molecular complexity index is 101. The van der Waals surface area contributed by atoms with Crippen LogP contribution in [-0.4, -0.2) is 18.5 Å². The molecule has 0 unspecified atom stereocenters. The van der Waals surface area contributed by atoms with E-state index in [9.17, 15) is 4.79 Å². The van der Waals surface area contributed by atoms with Crippen molar-refractivity contribution in [2.24, 2.45) is 5.73 Å². The molecule has 1 heterocycles. The zero-order chi connectivity index (χ0) is 5.98. The Kier molecular flexibility index (Phi) is 5.39. The summed E-state index contributed by atoms with van der Waals surface area (Å²) in [6, 6.07) is -0.171. The van der Waals surface area contributed by atoms with Gasteiger partial charge in [0.2, 0.25) is 0 Å². The van der Waals surface area contributed by atoms with Gasteiger partial charge in [0.25, 0.3) is 0 Å². The summed E-state index contributed by atoms with van der Waals surface area (Å²) >= 11 is 0. The summed E-state index contributed by atoms with van der Waals surface area (Å²) in [5, 5.41) is 3.96.